The molecule has 6 nitrogen and oxygen atoms in total. The fourth-order valence-corrected chi connectivity index (χ4v) is 5.36. The van der Waals surface area contributed by atoms with Crippen LogP contribution in [0.4, 0.5) is 5.69 Å². The topological polar surface area (TPSA) is 70.6 Å². The molecule has 0 saturated carbocycles. The normalized spacial score (nSPS) is 26.3. The summed E-state index contributed by atoms with van der Waals surface area (Å²) in [6.07, 6.45) is 4.58. The standard InChI is InChI=1S/C17H25N3O3S/c1-13-4-3-8-20(11-13)14-5-7-18-16(10-14)17(21)19(2)15-6-9-24(22,23)12-15/h5,7,10,13,15H,3-4,6,8-9,11-12H2,1-2H3. The Labute approximate surface area is 143 Å². The quantitative estimate of drug-likeness (QED) is 0.827. The number of carbonyl (C=O) groups excluding carboxylic acids is 1. The first kappa shape index (κ1) is 17.2. The van der Waals surface area contributed by atoms with E-state index in [0.29, 0.717) is 18.0 Å². The molecule has 1 aromatic heterocycles. The number of hydrogen-bond acceptors (Lipinski definition) is 5. The highest BCUT2D eigenvalue weighted by atomic mass is 32.2. The molecular formula is C17H25N3O3S. The first-order valence-electron chi connectivity index (χ1n) is 8.54. The van der Waals surface area contributed by atoms with E-state index in [1.165, 1.54) is 11.3 Å². The molecule has 2 saturated heterocycles. The smallest absolute Gasteiger partial charge is 0.272 e. The maximum absolute atomic E-state index is 12.7. The second-order valence-corrected chi connectivity index (χ2v) is 9.29. The van der Waals surface area contributed by atoms with Gasteiger partial charge in [0, 0.05) is 38.1 Å². The molecule has 2 aliphatic rings. The molecule has 2 fully saturated rings. The van der Waals surface area contributed by atoms with Crippen LogP contribution in [0, 0.1) is 5.92 Å². The predicted octanol–water partition coefficient (Wildman–Crippen LogP) is 1.58. The maximum Gasteiger partial charge on any atom is 0.272 e. The minimum absolute atomic E-state index is 0.0541. The molecule has 24 heavy (non-hydrogen) atoms. The Morgan fingerprint density at radius 1 is 1.38 bits per heavy atom. The average molecular weight is 351 g/mol. The van der Waals surface area contributed by atoms with Gasteiger partial charge in [0.1, 0.15) is 5.69 Å². The van der Waals surface area contributed by atoms with Gasteiger partial charge in [0.05, 0.1) is 11.5 Å². The Hall–Kier alpha value is -1.63. The Morgan fingerprint density at radius 3 is 2.83 bits per heavy atom. The number of rotatable bonds is 3. The minimum Gasteiger partial charge on any atom is -0.371 e. The summed E-state index contributed by atoms with van der Waals surface area (Å²) in [7, 11) is -1.34. The van der Waals surface area contributed by atoms with Crippen molar-refractivity contribution in [3.8, 4) is 0 Å². The average Bonchev–Trinajstić information content (AvgIpc) is 2.93. The molecule has 0 bridgehead atoms. The first-order valence-corrected chi connectivity index (χ1v) is 10.4. The number of hydrogen-bond donors (Lipinski definition) is 0. The van der Waals surface area contributed by atoms with Gasteiger partial charge in [-0.15, -0.1) is 0 Å². The van der Waals surface area contributed by atoms with Crippen LogP contribution >= 0.6 is 0 Å². The number of piperidine rings is 1. The van der Waals surface area contributed by atoms with Crippen molar-refractivity contribution in [2.45, 2.75) is 32.2 Å². The number of nitrogens with zero attached hydrogens (tertiary/aromatic N) is 3. The molecule has 0 spiro atoms. The lowest BCUT2D eigenvalue weighted by atomic mass is 10.00. The van der Waals surface area contributed by atoms with Gasteiger partial charge in [0.25, 0.3) is 5.91 Å². The van der Waals surface area contributed by atoms with Crippen molar-refractivity contribution in [1.29, 1.82) is 0 Å². The molecule has 0 N–H and O–H groups in total. The van der Waals surface area contributed by atoms with Crippen molar-refractivity contribution in [2.75, 3.05) is 36.5 Å². The largest absolute Gasteiger partial charge is 0.371 e. The number of carbonyl (C=O) groups is 1. The molecule has 3 rings (SSSR count). The number of pyridine rings is 1. The van der Waals surface area contributed by atoms with E-state index in [1.807, 2.05) is 12.1 Å². The number of anilines is 1. The van der Waals surface area contributed by atoms with Crippen molar-refractivity contribution >= 4 is 21.4 Å². The fraction of sp³-hybridized carbons (Fsp3) is 0.647. The SMILES string of the molecule is CC1CCCN(c2ccnc(C(=O)N(C)C3CCS(=O)(=O)C3)c2)C1. The highest BCUT2D eigenvalue weighted by Crippen LogP contribution is 2.24. The third-order valence-corrected chi connectivity index (χ3v) is 6.81. The zero-order valence-electron chi connectivity index (χ0n) is 14.3. The van der Waals surface area contributed by atoms with Gasteiger partial charge in [-0.05, 0) is 37.3 Å². The summed E-state index contributed by atoms with van der Waals surface area (Å²) in [6.45, 7) is 4.24. The van der Waals surface area contributed by atoms with E-state index in [-0.39, 0.29) is 23.5 Å². The Kier molecular flexibility index (Phi) is 4.80. The predicted molar refractivity (Wildman–Crippen MR) is 94.0 cm³/mol. The van der Waals surface area contributed by atoms with E-state index in [4.69, 9.17) is 0 Å². The van der Waals surface area contributed by atoms with E-state index >= 15 is 0 Å². The molecule has 1 aromatic rings. The van der Waals surface area contributed by atoms with Gasteiger partial charge in [-0.25, -0.2) is 8.42 Å². The maximum atomic E-state index is 12.7. The van der Waals surface area contributed by atoms with E-state index < -0.39 is 9.84 Å². The molecule has 132 valence electrons. The first-order chi connectivity index (χ1) is 11.4. The van der Waals surface area contributed by atoms with Gasteiger partial charge in [-0.2, -0.15) is 0 Å². The minimum atomic E-state index is -3.01. The second-order valence-electron chi connectivity index (χ2n) is 7.07. The summed E-state index contributed by atoms with van der Waals surface area (Å²) >= 11 is 0. The van der Waals surface area contributed by atoms with E-state index in [9.17, 15) is 13.2 Å². The zero-order valence-corrected chi connectivity index (χ0v) is 15.1. The summed E-state index contributed by atoms with van der Waals surface area (Å²) in [5, 5.41) is 0. The summed E-state index contributed by atoms with van der Waals surface area (Å²) < 4.78 is 23.3. The van der Waals surface area contributed by atoms with Gasteiger partial charge >= 0.3 is 0 Å². The highest BCUT2D eigenvalue weighted by Gasteiger charge is 2.33. The number of amides is 1. The monoisotopic (exact) mass is 351 g/mol. The zero-order chi connectivity index (χ0) is 17.3. The van der Waals surface area contributed by atoms with Crippen molar-refractivity contribution < 1.29 is 13.2 Å². The van der Waals surface area contributed by atoms with Gasteiger partial charge in [-0.1, -0.05) is 6.92 Å². The molecule has 3 heterocycles. The summed E-state index contributed by atoms with van der Waals surface area (Å²) in [6, 6.07) is 3.53. The van der Waals surface area contributed by atoms with Crippen LogP contribution in [0.15, 0.2) is 18.3 Å². The highest BCUT2D eigenvalue weighted by molar-refractivity contribution is 7.91. The Balaban J connectivity index is 1.74. The Morgan fingerprint density at radius 2 is 2.17 bits per heavy atom. The van der Waals surface area contributed by atoms with Crippen LogP contribution in [0.2, 0.25) is 0 Å². The third-order valence-electron chi connectivity index (χ3n) is 5.06. The van der Waals surface area contributed by atoms with Gasteiger partial charge in [0.2, 0.25) is 0 Å². The molecule has 0 aromatic carbocycles. The van der Waals surface area contributed by atoms with Crippen LogP contribution in [-0.4, -0.2) is 61.9 Å². The van der Waals surface area contributed by atoms with Crippen LogP contribution in [0.3, 0.4) is 0 Å². The van der Waals surface area contributed by atoms with Crippen molar-refractivity contribution in [2.24, 2.45) is 5.92 Å². The molecular weight excluding hydrogens is 326 g/mol. The lowest BCUT2D eigenvalue weighted by Gasteiger charge is -2.33. The van der Waals surface area contributed by atoms with Crippen LogP contribution < -0.4 is 4.90 Å². The molecule has 1 amide bonds. The van der Waals surface area contributed by atoms with Gasteiger partial charge in [0.15, 0.2) is 9.84 Å². The molecule has 0 aliphatic carbocycles. The second kappa shape index (κ2) is 6.70. The van der Waals surface area contributed by atoms with E-state index in [2.05, 4.69) is 16.8 Å². The van der Waals surface area contributed by atoms with Gasteiger partial charge < -0.3 is 9.80 Å². The van der Waals surface area contributed by atoms with Crippen LogP contribution in [0.1, 0.15) is 36.7 Å². The van der Waals surface area contributed by atoms with Crippen LogP contribution in [0.25, 0.3) is 0 Å². The van der Waals surface area contributed by atoms with Gasteiger partial charge in [-0.3, -0.25) is 9.78 Å². The molecule has 7 heteroatoms. The van der Waals surface area contributed by atoms with Crippen molar-refractivity contribution in [1.82, 2.24) is 9.88 Å². The molecule has 2 aliphatic heterocycles. The van der Waals surface area contributed by atoms with E-state index in [0.717, 1.165) is 25.2 Å². The molecule has 0 radical (unpaired) electrons. The third kappa shape index (κ3) is 3.71. The van der Waals surface area contributed by atoms with E-state index in [1.54, 1.807) is 13.2 Å². The van der Waals surface area contributed by atoms with Crippen molar-refractivity contribution in [3.63, 3.8) is 0 Å². The summed E-state index contributed by atoms with van der Waals surface area (Å²) in [4.78, 5) is 20.7. The summed E-state index contributed by atoms with van der Waals surface area (Å²) in [5.41, 5.74) is 1.41. The lowest BCUT2D eigenvalue weighted by Crippen LogP contribution is -2.38. The Bertz CT molecular complexity index is 720. The number of sulfone groups is 1. The molecule has 2 unspecified atom stereocenters. The molecule has 2 atom stereocenters. The van der Waals surface area contributed by atoms with Crippen molar-refractivity contribution in [3.05, 3.63) is 24.0 Å². The fourth-order valence-electron chi connectivity index (χ4n) is 3.58. The number of aromatic nitrogens is 1. The lowest BCUT2D eigenvalue weighted by molar-refractivity contribution is 0.0742. The van der Waals surface area contributed by atoms with Crippen LogP contribution in [-0.2, 0) is 9.84 Å². The summed E-state index contributed by atoms with van der Waals surface area (Å²) in [5.74, 6) is 0.661. The van der Waals surface area contributed by atoms with Crippen LogP contribution in [0.5, 0.6) is 0 Å².